The minimum atomic E-state index is -0.307. The second-order valence-electron chi connectivity index (χ2n) is 4.40. The summed E-state index contributed by atoms with van der Waals surface area (Å²) >= 11 is 2.34. The van der Waals surface area contributed by atoms with Crippen LogP contribution in [0.25, 0.3) is 0 Å². The van der Waals surface area contributed by atoms with Gasteiger partial charge in [-0.1, -0.05) is 18.2 Å². The van der Waals surface area contributed by atoms with Gasteiger partial charge in [0, 0.05) is 15.7 Å². The first-order valence-electron chi connectivity index (χ1n) is 5.95. The van der Waals surface area contributed by atoms with Gasteiger partial charge in [0.2, 0.25) is 0 Å². The second kappa shape index (κ2) is 4.85. The number of benzene rings is 2. The van der Waals surface area contributed by atoms with Crippen LogP contribution in [-0.2, 0) is 11.2 Å². The summed E-state index contributed by atoms with van der Waals surface area (Å²) < 4.78 is 6.07. The Labute approximate surface area is 125 Å². The molecule has 0 radical (unpaired) electrons. The fraction of sp³-hybridized carbons (Fsp3) is 0.133. The zero-order chi connectivity index (χ0) is 13.4. The molecule has 2 aromatic carbocycles. The summed E-state index contributed by atoms with van der Waals surface area (Å²) in [5, 5.41) is 3.36. The molecule has 1 aliphatic heterocycles. The van der Waals surface area contributed by atoms with Crippen LogP contribution in [0.2, 0.25) is 0 Å². The molecule has 0 saturated heterocycles. The van der Waals surface area contributed by atoms with Crippen LogP contribution in [0.3, 0.4) is 0 Å². The van der Waals surface area contributed by atoms with Gasteiger partial charge < -0.3 is 10.1 Å². The smallest absolute Gasteiger partial charge is 0.339 e. The summed E-state index contributed by atoms with van der Waals surface area (Å²) in [5.74, 6) is -0.307. The molecule has 0 amide bonds. The van der Waals surface area contributed by atoms with Gasteiger partial charge in [0.25, 0.3) is 0 Å². The van der Waals surface area contributed by atoms with Crippen LogP contribution in [0.5, 0.6) is 0 Å². The Balaban J connectivity index is 2.12. The van der Waals surface area contributed by atoms with Crippen molar-refractivity contribution >= 4 is 39.9 Å². The normalized spacial score (nSPS) is 12.1. The number of ether oxygens (including phenoxy) is 1. The predicted molar refractivity (Wildman–Crippen MR) is 83.0 cm³/mol. The van der Waals surface area contributed by atoms with Gasteiger partial charge in [-0.2, -0.15) is 0 Å². The molecule has 1 heterocycles. The Morgan fingerprint density at radius 2 is 2.05 bits per heavy atom. The minimum absolute atomic E-state index is 0.307. The summed E-state index contributed by atoms with van der Waals surface area (Å²) in [5.41, 5.74) is 4.92. The Morgan fingerprint density at radius 1 is 1.26 bits per heavy atom. The number of rotatable bonds is 1. The van der Waals surface area contributed by atoms with Crippen molar-refractivity contribution in [3.8, 4) is 0 Å². The number of hydrogen-bond donors (Lipinski definition) is 1. The lowest BCUT2D eigenvalue weighted by atomic mass is 9.95. The maximum atomic E-state index is 11.8. The molecule has 0 unspecified atom stereocenters. The topological polar surface area (TPSA) is 38.3 Å². The molecule has 0 aliphatic carbocycles. The first-order chi connectivity index (χ1) is 9.20. The van der Waals surface area contributed by atoms with E-state index in [-0.39, 0.29) is 5.97 Å². The average Bonchev–Trinajstić information content (AvgIpc) is 2.44. The SMILES string of the molecule is COC(=O)c1cccc2c1Nc1cccc(I)c1C2. The van der Waals surface area contributed by atoms with Gasteiger partial charge in [0.15, 0.2) is 0 Å². The van der Waals surface area contributed by atoms with E-state index >= 15 is 0 Å². The van der Waals surface area contributed by atoms with Crippen molar-refractivity contribution < 1.29 is 9.53 Å². The van der Waals surface area contributed by atoms with E-state index in [1.54, 1.807) is 6.07 Å². The van der Waals surface area contributed by atoms with E-state index < -0.39 is 0 Å². The van der Waals surface area contributed by atoms with E-state index in [0.29, 0.717) is 5.56 Å². The number of halogens is 1. The predicted octanol–water partition coefficient (Wildman–Crippen LogP) is 3.73. The third-order valence-electron chi connectivity index (χ3n) is 3.30. The largest absolute Gasteiger partial charge is 0.465 e. The number of fused-ring (bicyclic) bond motifs is 2. The van der Waals surface area contributed by atoms with Crippen LogP contribution in [0.4, 0.5) is 11.4 Å². The monoisotopic (exact) mass is 365 g/mol. The van der Waals surface area contributed by atoms with Crippen LogP contribution in [0.15, 0.2) is 36.4 Å². The number of carbonyl (C=O) groups excluding carboxylic acids is 1. The maximum Gasteiger partial charge on any atom is 0.339 e. The zero-order valence-electron chi connectivity index (χ0n) is 10.4. The molecular formula is C15H12INO2. The first-order valence-corrected chi connectivity index (χ1v) is 7.03. The van der Waals surface area contributed by atoms with E-state index in [1.165, 1.54) is 16.2 Å². The molecule has 0 saturated carbocycles. The van der Waals surface area contributed by atoms with Crippen LogP contribution in [-0.4, -0.2) is 13.1 Å². The van der Waals surface area contributed by atoms with Gasteiger partial charge in [-0.3, -0.25) is 0 Å². The van der Waals surface area contributed by atoms with Crippen molar-refractivity contribution in [1.82, 2.24) is 0 Å². The number of methoxy groups -OCH3 is 1. The lowest BCUT2D eigenvalue weighted by molar-refractivity contribution is 0.0602. The van der Waals surface area contributed by atoms with Crippen molar-refractivity contribution in [3.63, 3.8) is 0 Å². The van der Waals surface area contributed by atoms with Crippen LogP contribution < -0.4 is 5.32 Å². The van der Waals surface area contributed by atoms with E-state index in [0.717, 1.165) is 23.4 Å². The van der Waals surface area contributed by atoms with E-state index in [2.05, 4.69) is 34.0 Å². The van der Waals surface area contributed by atoms with E-state index in [1.807, 2.05) is 24.3 Å². The highest BCUT2D eigenvalue weighted by atomic mass is 127. The van der Waals surface area contributed by atoms with Gasteiger partial charge in [-0.15, -0.1) is 0 Å². The zero-order valence-corrected chi connectivity index (χ0v) is 12.5. The Hall–Kier alpha value is -1.56. The number of hydrogen-bond acceptors (Lipinski definition) is 3. The van der Waals surface area contributed by atoms with Gasteiger partial charge in [-0.25, -0.2) is 4.79 Å². The van der Waals surface area contributed by atoms with E-state index in [4.69, 9.17) is 4.74 Å². The Bertz CT molecular complexity index is 667. The lowest BCUT2D eigenvalue weighted by Crippen LogP contribution is -2.13. The molecule has 2 aromatic rings. The summed E-state index contributed by atoms with van der Waals surface area (Å²) in [6, 6.07) is 11.9. The molecule has 0 fully saturated rings. The molecule has 3 rings (SSSR count). The van der Waals surface area contributed by atoms with Gasteiger partial charge in [0.1, 0.15) is 0 Å². The molecule has 19 heavy (non-hydrogen) atoms. The highest BCUT2D eigenvalue weighted by Gasteiger charge is 2.22. The highest BCUT2D eigenvalue weighted by molar-refractivity contribution is 14.1. The van der Waals surface area contributed by atoms with Crippen molar-refractivity contribution in [2.24, 2.45) is 0 Å². The van der Waals surface area contributed by atoms with Crippen molar-refractivity contribution in [2.75, 3.05) is 12.4 Å². The fourth-order valence-corrected chi connectivity index (χ4v) is 3.04. The van der Waals surface area contributed by atoms with Gasteiger partial charge in [0.05, 0.1) is 18.4 Å². The molecule has 3 nitrogen and oxygen atoms in total. The van der Waals surface area contributed by atoms with Crippen molar-refractivity contribution in [1.29, 1.82) is 0 Å². The van der Waals surface area contributed by atoms with E-state index in [9.17, 15) is 4.79 Å². The second-order valence-corrected chi connectivity index (χ2v) is 5.56. The molecular weight excluding hydrogens is 353 g/mol. The lowest BCUT2D eigenvalue weighted by Gasteiger charge is -2.24. The number of para-hydroxylation sites is 1. The minimum Gasteiger partial charge on any atom is -0.465 e. The van der Waals surface area contributed by atoms with Crippen LogP contribution in [0, 0.1) is 3.57 Å². The number of nitrogens with one attached hydrogen (secondary N) is 1. The molecule has 1 N–H and O–H groups in total. The molecule has 96 valence electrons. The van der Waals surface area contributed by atoms with Crippen LogP contribution >= 0.6 is 22.6 Å². The molecule has 0 bridgehead atoms. The molecule has 0 atom stereocenters. The van der Waals surface area contributed by atoms with Gasteiger partial charge >= 0.3 is 5.97 Å². The summed E-state index contributed by atoms with van der Waals surface area (Å²) in [6.07, 6.45) is 0.835. The first kappa shape index (κ1) is 12.5. The maximum absolute atomic E-state index is 11.8. The van der Waals surface area contributed by atoms with Gasteiger partial charge in [-0.05, 0) is 51.9 Å². The Morgan fingerprint density at radius 3 is 2.84 bits per heavy atom. The number of anilines is 2. The Kier molecular flexibility index (Phi) is 3.18. The standard InChI is InChI=1S/C15H12INO2/c1-19-15(18)10-5-2-4-9-8-11-12(16)6-3-7-13(11)17-14(9)10/h2-7,17H,8H2,1H3. The fourth-order valence-electron chi connectivity index (χ4n) is 2.36. The van der Waals surface area contributed by atoms with Crippen molar-refractivity contribution in [2.45, 2.75) is 6.42 Å². The highest BCUT2D eigenvalue weighted by Crippen LogP contribution is 2.37. The summed E-state index contributed by atoms with van der Waals surface area (Å²) in [4.78, 5) is 11.8. The molecule has 1 aliphatic rings. The average molecular weight is 365 g/mol. The third kappa shape index (κ3) is 2.10. The van der Waals surface area contributed by atoms with Crippen LogP contribution in [0.1, 0.15) is 21.5 Å². The molecule has 0 aromatic heterocycles. The quantitative estimate of drug-likeness (QED) is 0.528. The number of carbonyl (C=O) groups is 1. The molecule has 4 heteroatoms. The molecule has 0 spiro atoms. The summed E-state index contributed by atoms with van der Waals surface area (Å²) in [6.45, 7) is 0. The van der Waals surface area contributed by atoms with Crippen molar-refractivity contribution in [3.05, 3.63) is 56.7 Å². The number of esters is 1. The third-order valence-corrected chi connectivity index (χ3v) is 4.31. The summed E-state index contributed by atoms with van der Waals surface area (Å²) in [7, 11) is 1.40.